The molecule has 0 spiro atoms. The van der Waals surface area contributed by atoms with Gasteiger partial charge in [-0.05, 0) is 123 Å². The van der Waals surface area contributed by atoms with Gasteiger partial charge >= 0.3 is 5.97 Å². The number of fused-ring (bicyclic) bond motifs is 5. The van der Waals surface area contributed by atoms with Crippen LogP contribution in [0.2, 0.25) is 0 Å². The number of hydrogen-bond donors (Lipinski definition) is 0. The summed E-state index contributed by atoms with van der Waals surface area (Å²) in [5.41, 5.74) is 2.52. The van der Waals surface area contributed by atoms with Crippen LogP contribution in [-0.2, 0) is 9.53 Å². The molecule has 45 heavy (non-hydrogen) atoms. The van der Waals surface area contributed by atoms with E-state index >= 15 is 0 Å². The number of hydrogen-bond acceptors (Lipinski definition) is 2. The Bertz CT molecular complexity index is 945. The molecule has 0 amide bonds. The van der Waals surface area contributed by atoms with E-state index in [-0.39, 0.29) is 12.1 Å². The van der Waals surface area contributed by atoms with Gasteiger partial charge in [0.05, 0.1) is 0 Å². The van der Waals surface area contributed by atoms with Gasteiger partial charge in [-0.25, -0.2) is 0 Å². The molecule has 0 aromatic rings. The summed E-state index contributed by atoms with van der Waals surface area (Å²) in [6, 6.07) is 0. The van der Waals surface area contributed by atoms with Crippen LogP contribution in [0, 0.1) is 46.3 Å². The summed E-state index contributed by atoms with van der Waals surface area (Å²) in [5.74, 6) is 5.30. The van der Waals surface area contributed by atoms with Crippen molar-refractivity contribution in [2.24, 2.45) is 46.3 Å². The van der Waals surface area contributed by atoms with Crippen LogP contribution in [0.4, 0.5) is 0 Å². The van der Waals surface area contributed by atoms with Gasteiger partial charge in [-0.3, -0.25) is 4.79 Å². The molecule has 0 bridgehead atoms. The molecular weight excluding hydrogens is 548 g/mol. The van der Waals surface area contributed by atoms with Crippen molar-refractivity contribution in [3.05, 3.63) is 23.8 Å². The first kappa shape index (κ1) is 36.8. The largest absolute Gasteiger partial charge is 0.462 e. The second kappa shape index (κ2) is 17.9. The SMILES string of the molecule is CCCCCCCC/C=C\CCCCCC(=O)O[C@H]1CC[C@@]2(C)C(=CC[C@H]3[C@@H]4CC[C@H]([C@H](C)CCCC(C)C)[C@@]4(C)CC[C@@H]32)C1. The van der Waals surface area contributed by atoms with E-state index in [4.69, 9.17) is 4.74 Å². The van der Waals surface area contributed by atoms with Crippen LogP contribution < -0.4 is 0 Å². The molecular formula is C43H74O2. The smallest absolute Gasteiger partial charge is 0.306 e. The Balaban J connectivity index is 1.16. The summed E-state index contributed by atoms with van der Waals surface area (Å²) in [6.07, 6.45) is 36.5. The predicted molar refractivity (Wildman–Crippen MR) is 193 cm³/mol. The lowest BCUT2D eigenvalue weighted by molar-refractivity contribution is -0.151. The van der Waals surface area contributed by atoms with Gasteiger partial charge < -0.3 is 4.74 Å². The number of carbonyl (C=O) groups is 1. The highest BCUT2D eigenvalue weighted by Gasteiger charge is 2.59. The molecule has 258 valence electrons. The number of rotatable bonds is 19. The highest BCUT2D eigenvalue weighted by molar-refractivity contribution is 5.69. The summed E-state index contributed by atoms with van der Waals surface area (Å²) in [7, 11) is 0. The van der Waals surface area contributed by atoms with Crippen molar-refractivity contribution >= 4 is 5.97 Å². The molecule has 0 saturated heterocycles. The third-order valence-corrected chi connectivity index (χ3v) is 13.7. The van der Waals surface area contributed by atoms with Gasteiger partial charge in [-0.1, -0.05) is 123 Å². The highest BCUT2D eigenvalue weighted by Crippen LogP contribution is 2.67. The normalized spacial score (nSPS) is 33.5. The number of ether oxygens (including phenoxy) is 1. The Morgan fingerprint density at radius 1 is 0.844 bits per heavy atom. The molecule has 3 fully saturated rings. The molecule has 8 atom stereocenters. The molecule has 0 unspecified atom stereocenters. The first-order valence-electron chi connectivity index (χ1n) is 20.2. The lowest BCUT2D eigenvalue weighted by atomic mass is 9.47. The minimum absolute atomic E-state index is 0.0458. The van der Waals surface area contributed by atoms with Gasteiger partial charge in [0, 0.05) is 12.8 Å². The van der Waals surface area contributed by atoms with E-state index < -0.39 is 0 Å². The average Bonchev–Trinajstić information content (AvgIpc) is 3.37. The molecule has 4 aliphatic carbocycles. The summed E-state index contributed by atoms with van der Waals surface area (Å²) >= 11 is 0. The van der Waals surface area contributed by atoms with Crippen LogP contribution in [0.5, 0.6) is 0 Å². The van der Waals surface area contributed by atoms with Crippen LogP contribution >= 0.6 is 0 Å². The zero-order valence-corrected chi connectivity index (χ0v) is 30.9. The molecule has 0 aromatic heterocycles. The van der Waals surface area contributed by atoms with Crippen LogP contribution in [0.25, 0.3) is 0 Å². The second-order valence-corrected chi connectivity index (χ2v) is 17.3. The Morgan fingerprint density at radius 2 is 1.56 bits per heavy atom. The standard InChI is InChI=1S/C43H74O2/c1-7-8-9-10-11-12-13-14-15-16-17-18-19-23-41(44)45-36-28-30-42(5)35(32-36)24-25-37-39-27-26-38(34(4)22-20-21-33(2)3)43(39,6)31-29-40(37)42/h14-15,24,33-34,36-40H,7-13,16-23,25-32H2,1-6H3/b15-14-/t34-,36+,37+,38-,39+,40+,42+,43-/m1/s1. The fraction of sp³-hybridized carbons (Fsp3) is 0.884. The van der Waals surface area contributed by atoms with Crippen LogP contribution in [-0.4, -0.2) is 12.1 Å². The first-order valence-corrected chi connectivity index (χ1v) is 20.2. The van der Waals surface area contributed by atoms with Crippen molar-refractivity contribution in [3.8, 4) is 0 Å². The fourth-order valence-corrected chi connectivity index (χ4v) is 11.0. The Kier molecular flexibility index (Phi) is 14.6. The van der Waals surface area contributed by atoms with E-state index in [9.17, 15) is 4.79 Å². The molecule has 0 radical (unpaired) electrons. The molecule has 0 N–H and O–H groups in total. The van der Waals surface area contributed by atoms with E-state index in [0.717, 1.165) is 67.6 Å². The van der Waals surface area contributed by atoms with Crippen LogP contribution in [0.1, 0.15) is 189 Å². The van der Waals surface area contributed by atoms with Crippen molar-refractivity contribution in [2.75, 3.05) is 0 Å². The van der Waals surface area contributed by atoms with Crippen molar-refractivity contribution in [1.29, 1.82) is 0 Å². The number of allylic oxidation sites excluding steroid dienone is 3. The zero-order chi connectivity index (χ0) is 32.3. The lowest BCUT2D eigenvalue weighted by Gasteiger charge is -2.58. The molecule has 0 aliphatic heterocycles. The van der Waals surface area contributed by atoms with E-state index in [0.29, 0.717) is 17.3 Å². The van der Waals surface area contributed by atoms with Crippen molar-refractivity contribution in [2.45, 2.75) is 195 Å². The quantitative estimate of drug-likeness (QED) is 0.0814. The predicted octanol–water partition coefficient (Wildman–Crippen LogP) is 13.2. The van der Waals surface area contributed by atoms with Crippen LogP contribution in [0.15, 0.2) is 23.8 Å². The van der Waals surface area contributed by atoms with E-state index in [1.54, 1.807) is 5.57 Å². The Labute approximate surface area is 280 Å². The van der Waals surface area contributed by atoms with Gasteiger partial charge in [-0.15, -0.1) is 0 Å². The van der Waals surface area contributed by atoms with Gasteiger partial charge in [0.2, 0.25) is 0 Å². The maximum atomic E-state index is 12.8. The highest BCUT2D eigenvalue weighted by atomic mass is 16.5. The van der Waals surface area contributed by atoms with Crippen molar-refractivity contribution in [1.82, 2.24) is 0 Å². The fourth-order valence-electron chi connectivity index (χ4n) is 11.0. The number of unbranched alkanes of at least 4 members (excludes halogenated alkanes) is 9. The molecule has 2 nitrogen and oxygen atoms in total. The Morgan fingerprint density at radius 3 is 2.29 bits per heavy atom. The van der Waals surface area contributed by atoms with E-state index in [1.165, 1.54) is 109 Å². The molecule has 4 rings (SSSR count). The first-order chi connectivity index (χ1) is 21.7. The third kappa shape index (κ3) is 9.75. The topological polar surface area (TPSA) is 26.3 Å². The summed E-state index contributed by atoms with van der Waals surface area (Å²) in [6.45, 7) is 14.9. The molecule has 0 aromatic carbocycles. The number of carbonyl (C=O) groups excluding carboxylic acids is 1. The monoisotopic (exact) mass is 623 g/mol. The summed E-state index contributed by atoms with van der Waals surface area (Å²) in [5, 5.41) is 0. The maximum absolute atomic E-state index is 12.8. The summed E-state index contributed by atoms with van der Waals surface area (Å²) in [4.78, 5) is 12.8. The molecule has 0 heterocycles. The van der Waals surface area contributed by atoms with Gasteiger partial charge in [0.15, 0.2) is 0 Å². The minimum atomic E-state index is 0.0458. The molecule has 2 heteroatoms. The minimum Gasteiger partial charge on any atom is -0.462 e. The number of esters is 1. The average molecular weight is 623 g/mol. The molecule has 3 saturated carbocycles. The van der Waals surface area contributed by atoms with Crippen molar-refractivity contribution < 1.29 is 9.53 Å². The van der Waals surface area contributed by atoms with Crippen LogP contribution in [0.3, 0.4) is 0 Å². The van der Waals surface area contributed by atoms with E-state index in [1.807, 2.05) is 0 Å². The van der Waals surface area contributed by atoms with Gasteiger partial charge in [0.25, 0.3) is 0 Å². The third-order valence-electron chi connectivity index (χ3n) is 13.7. The lowest BCUT2D eigenvalue weighted by Crippen LogP contribution is -2.51. The van der Waals surface area contributed by atoms with Crippen molar-refractivity contribution in [3.63, 3.8) is 0 Å². The summed E-state index contributed by atoms with van der Waals surface area (Å²) < 4.78 is 6.11. The van der Waals surface area contributed by atoms with E-state index in [2.05, 4.69) is 59.8 Å². The zero-order valence-electron chi connectivity index (χ0n) is 30.9. The van der Waals surface area contributed by atoms with Gasteiger partial charge in [0.1, 0.15) is 6.10 Å². The second-order valence-electron chi connectivity index (χ2n) is 17.3. The maximum Gasteiger partial charge on any atom is 0.306 e. The Hall–Kier alpha value is -1.05. The molecule has 4 aliphatic rings. The van der Waals surface area contributed by atoms with Gasteiger partial charge in [-0.2, -0.15) is 0 Å².